The van der Waals surface area contributed by atoms with Crippen molar-refractivity contribution in [3.05, 3.63) is 56.5 Å². The number of benzene rings is 2. The van der Waals surface area contributed by atoms with Crippen LogP contribution in [0.15, 0.2) is 45.3 Å². The Morgan fingerprint density at radius 2 is 1.28 bits per heavy atom. The lowest BCUT2D eigenvalue weighted by Gasteiger charge is -2.14. The minimum absolute atomic E-state index is 0.987. The van der Waals surface area contributed by atoms with Crippen LogP contribution in [0.2, 0.25) is 0 Å². The maximum absolute atomic E-state index is 3.56. The van der Waals surface area contributed by atoms with E-state index in [2.05, 4.69) is 80.2 Å². The molecule has 0 saturated carbocycles. The van der Waals surface area contributed by atoms with Crippen LogP contribution < -0.4 is 0 Å². The highest BCUT2D eigenvalue weighted by Gasteiger charge is 2.17. The van der Waals surface area contributed by atoms with E-state index in [9.17, 15) is 0 Å². The van der Waals surface area contributed by atoms with Crippen molar-refractivity contribution in [1.82, 2.24) is 4.90 Å². The lowest BCUT2D eigenvalue weighted by atomic mass is 9.97. The average molecular weight is 367 g/mol. The Morgan fingerprint density at radius 1 is 0.833 bits per heavy atom. The molecule has 2 aromatic rings. The summed E-state index contributed by atoms with van der Waals surface area (Å²) >= 11 is 7.12. The highest BCUT2D eigenvalue weighted by molar-refractivity contribution is 9.10. The van der Waals surface area contributed by atoms with Crippen LogP contribution in [-0.2, 0) is 13.1 Å². The first-order valence-electron chi connectivity index (χ1n) is 5.89. The fourth-order valence-corrected chi connectivity index (χ4v) is 3.37. The Hall–Kier alpha value is -0.640. The molecule has 0 aliphatic carbocycles. The molecule has 0 radical (unpaired) electrons. The number of halogens is 2. The molecule has 3 rings (SSSR count). The molecule has 0 fully saturated rings. The van der Waals surface area contributed by atoms with E-state index >= 15 is 0 Å². The van der Waals surface area contributed by atoms with E-state index in [-0.39, 0.29) is 0 Å². The maximum Gasteiger partial charge on any atom is 0.0240 e. The summed E-state index contributed by atoms with van der Waals surface area (Å²) in [6, 6.07) is 13.1. The summed E-state index contributed by atoms with van der Waals surface area (Å²) in [6.45, 7) is 1.97. The second-order valence-electron chi connectivity index (χ2n) is 4.78. The minimum atomic E-state index is 0.987. The van der Waals surface area contributed by atoms with E-state index in [0.717, 1.165) is 22.0 Å². The van der Waals surface area contributed by atoms with Crippen molar-refractivity contribution < 1.29 is 0 Å². The Morgan fingerprint density at radius 3 is 1.72 bits per heavy atom. The molecule has 0 unspecified atom stereocenters. The van der Waals surface area contributed by atoms with Crippen LogP contribution in [0.25, 0.3) is 11.1 Å². The Balaban J connectivity index is 2.25. The lowest BCUT2D eigenvalue weighted by molar-refractivity contribution is 0.322. The summed E-state index contributed by atoms with van der Waals surface area (Å²) in [4.78, 5) is 2.35. The minimum Gasteiger partial charge on any atom is -0.298 e. The standard InChI is InChI=1S/C15H13Br2N/c1-18-8-10-6-12(16)2-4-14(10)15-5-3-13(17)7-11(15)9-18/h2-7H,8-9H2,1H3. The topological polar surface area (TPSA) is 3.24 Å². The zero-order chi connectivity index (χ0) is 12.7. The molecular weight excluding hydrogens is 354 g/mol. The molecule has 0 amide bonds. The largest absolute Gasteiger partial charge is 0.298 e. The molecule has 92 valence electrons. The highest BCUT2D eigenvalue weighted by Crippen LogP contribution is 2.34. The van der Waals surface area contributed by atoms with Gasteiger partial charge in [0.2, 0.25) is 0 Å². The zero-order valence-electron chi connectivity index (χ0n) is 10.1. The summed E-state index contributed by atoms with van der Waals surface area (Å²) < 4.78 is 2.30. The molecule has 1 heterocycles. The van der Waals surface area contributed by atoms with Gasteiger partial charge in [-0.05, 0) is 53.6 Å². The molecule has 1 aliphatic heterocycles. The number of hydrogen-bond donors (Lipinski definition) is 0. The van der Waals surface area contributed by atoms with E-state index in [1.165, 1.54) is 22.3 Å². The van der Waals surface area contributed by atoms with Gasteiger partial charge in [0.05, 0.1) is 0 Å². The predicted molar refractivity (Wildman–Crippen MR) is 82.4 cm³/mol. The van der Waals surface area contributed by atoms with Crippen molar-refractivity contribution in [2.75, 3.05) is 7.05 Å². The number of fused-ring (bicyclic) bond motifs is 3. The number of hydrogen-bond acceptors (Lipinski definition) is 1. The van der Waals surface area contributed by atoms with Gasteiger partial charge in [0.1, 0.15) is 0 Å². The first-order valence-corrected chi connectivity index (χ1v) is 7.48. The summed E-state index contributed by atoms with van der Waals surface area (Å²) in [7, 11) is 2.17. The van der Waals surface area contributed by atoms with Crippen molar-refractivity contribution in [2.24, 2.45) is 0 Å². The molecule has 2 aromatic carbocycles. The first kappa shape index (κ1) is 12.4. The van der Waals surface area contributed by atoms with Gasteiger partial charge >= 0.3 is 0 Å². The van der Waals surface area contributed by atoms with E-state index in [1.54, 1.807) is 0 Å². The van der Waals surface area contributed by atoms with Crippen LogP contribution >= 0.6 is 31.9 Å². The fourth-order valence-electron chi connectivity index (χ4n) is 2.55. The van der Waals surface area contributed by atoms with Gasteiger partial charge in [-0.15, -0.1) is 0 Å². The normalized spacial score (nSPS) is 14.8. The highest BCUT2D eigenvalue weighted by atomic mass is 79.9. The summed E-state index contributed by atoms with van der Waals surface area (Å²) in [6.07, 6.45) is 0. The van der Waals surface area contributed by atoms with Crippen molar-refractivity contribution >= 4 is 31.9 Å². The van der Waals surface area contributed by atoms with Gasteiger partial charge in [-0.25, -0.2) is 0 Å². The molecule has 3 heteroatoms. The third kappa shape index (κ3) is 2.27. The summed E-state index contributed by atoms with van der Waals surface area (Å²) in [5.41, 5.74) is 5.47. The Bertz CT molecular complexity index is 554. The van der Waals surface area contributed by atoms with Crippen LogP contribution in [-0.4, -0.2) is 11.9 Å². The van der Waals surface area contributed by atoms with Gasteiger partial charge in [-0.2, -0.15) is 0 Å². The second-order valence-corrected chi connectivity index (χ2v) is 6.61. The van der Waals surface area contributed by atoms with E-state index in [0.29, 0.717) is 0 Å². The van der Waals surface area contributed by atoms with Gasteiger partial charge in [0.25, 0.3) is 0 Å². The summed E-state index contributed by atoms with van der Waals surface area (Å²) in [5, 5.41) is 0. The van der Waals surface area contributed by atoms with Crippen molar-refractivity contribution in [3.8, 4) is 11.1 Å². The van der Waals surface area contributed by atoms with Gasteiger partial charge in [-0.3, -0.25) is 4.90 Å². The molecule has 1 nitrogen and oxygen atoms in total. The fraction of sp³-hybridized carbons (Fsp3) is 0.200. The monoisotopic (exact) mass is 365 g/mol. The van der Waals surface area contributed by atoms with Crippen molar-refractivity contribution in [3.63, 3.8) is 0 Å². The second kappa shape index (κ2) is 4.80. The predicted octanol–water partition coefficient (Wildman–Crippen LogP) is 4.82. The quantitative estimate of drug-likeness (QED) is 0.645. The van der Waals surface area contributed by atoms with Gasteiger partial charge in [0.15, 0.2) is 0 Å². The van der Waals surface area contributed by atoms with Gasteiger partial charge < -0.3 is 0 Å². The number of nitrogens with zero attached hydrogens (tertiary/aromatic N) is 1. The molecule has 0 bridgehead atoms. The van der Waals surface area contributed by atoms with E-state index < -0.39 is 0 Å². The van der Waals surface area contributed by atoms with Crippen LogP contribution in [0.1, 0.15) is 11.1 Å². The molecule has 0 aromatic heterocycles. The Labute approximate surface area is 124 Å². The van der Waals surface area contributed by atoms with Crippen LogP contribution in [0.3, 0.4) is 0 Å². The molecule has 18 heavy (non-hydrogen) atoms. The van der Waals surface area contributed by atoms with E-state index in [4.69, 9.17) is 0 Å². The van der Waals surface area contributed by atoms with Crippen LogP contribution in [0.4, 0.5) is 0 Å². The molecule has 1 aliphatic rings. The zero-order valence-corrected chi connectivity index (χ0v) is 13.3. The smallest absolute Gasteiger partial charge is 0.0240 e. The van der Waals surface area contributed by atoms with Crippen LogP contribution in [0.5, 0.6) is 0 Å². The molecule has 0 saturated heterocycles. The van der Waals surface area contributed by atoms with E-state index in [1.807, 2.05) is 0 Å². The lowest BCUT2D eigenvalue weighted by Crippen LogP contribution is -2.15. The van der Waals surface area contributed by atoms with Crippen molar-refractivity contribution in [2.45, 2.75) is 13.1 Å². The first-order chi connectivity index (χ1) is 8.63. The molecule has 0 atom stereocenters. The SMILES string of the molecule is CN1Cc2cc(Br)ccc2-c2ccc(Br)cc2C1. The van der Waals surface area contributed by atoms with Crippen LogP contribution in [0, 0.1) is 0 Å². The summed E-state index contributed by atoms with van der Waals surface area (Å²) in [5.74, 6) is 0. The Kier molecular flexibility index (Phi) is 3.31. The maximum atomic E-state index is 3.56. The van der Waals surface area contributed by atoms with Crippen molar-refractivity contribution in [1.29, 1.82) is 0 Å². The number of rotatable bonds is 0. The average Bonchev–Trinajstić information content (AvgIpc) is 2.42. The third-order valence-corrected chi connectivity index (χ3v) is 4.29. The molecule has 0 N–H and O–H groups in total. The van der Waals surface area contributed by atoms with Gasteiger partial charge in [-0.1, -0.05) is 44.0 Å². The molecule has 0 spiro atoms. The van der Waals surface area contributed by atoms with Gasteiger partial charge in [0, 0.05) is 22.0 Å². The third-order valence-electron chi connectivity index (χ3n) is 3.31. The molecular formula is C15H13Br2N.